The molecule has 2 atom stereocenters. The second-order valence-corrected chi connectivity index (χ2v) is 3.09. The molecule has 0 fully saturated rings. The molecule has 4 heteroatoms. The minimum absolute atomic E-state index is 0.657. The lowest BCUT2D eigenvalue weighted by Crippen LogP contribution is -2.32. The number of para-hydroxylation sites is 1. The topological polar surface area (TPSA) is 61.7 Å². The highest BCUT2D eigenvalue weighted by Gasteiger charge is 2.20. The molecule has 2 unspecified atom stereocenters. The zero-order valence-electron chi connectivity index (χ0n) is 7.42. The summed E-state index contributed by atoms with van der Waals surface area (Å²) in [7, 11) is 0. The SMILES string of the molecule is O=CC1Nc2ccccc2C=NC1O. The Bertz CT molecular complexity index is 376. The number of anilines is 1. The number of fused-ring (bicyclic) bond motifs is 1. The fourth-order valence-electron chi connectivity index (χ4n) is 1.35. The van der Waals surface area contributed by atoms with E-state index in [4.69, 9.17) is 0 Å². The third kappa shape index (κ3) is 1.52. The number of benzene rings is 1. The summed E-state index contributed by atoms with van der Waals surface area (Å²) in [5.74, 6) is 0. The zero-order chi connectivity index (χ0) is 9.97. The molecule has 0 saturated heterocycles. The van der Waals surface area contributed by atoms with Gasteiger partial charge in [0.25, 0.3) is 0 Å². The molecule has 0 saturated carbocycles. The van der Waals surface area contributed by atoms with Crippen molar-refractivity contribution in [3.63, 3.8) is 0 Å². The van der Waals surface area contributed by atoms with E-state index in [0.717, 1.165) is 11.3 Å². The molecule has 14 heavy (non-hydrogen) atoms. The number of hydrogen-bond donors (Lipinski definition) is 2. The predicted molar refractivity (Wildman–Crippen MR) is 53.5 cm³/mol. The van der Waals surface area contributed by atoms with Crippen LogP contribution in [0.2, 0.25) is 0 Å². The van der Waals surface area contributed by atoms with Crippen LogP contribution in [0.25, 0.3) is 0 Å². The summed E-state index contributed by atoms with van der Waals surface area (Å²) in [5.41, 5.74) is 1.68. The number of nitrogens with one attached hydrogen (secondary N) is 1. The number of carbonyl (C=O) groups excluding carboxylic acids is 1. The molecule has 1 aliphatic heterocycles. The molecule has 0 spiro atoms. The largest absolute Gasteiger partial charge is 0.371 e. The maximum atomic E-state index is 10.6. The average molecular weight is 190 g/mol. The summed E-state index contributed by atoms with van der Waals surface area (Å²) in [6, 6.07) is 6.77. The van der Waals surface area contributed by atoms with Crippen molar-refractivity contribution in [2.45, 2.75) is 12.3 Å². The number of hydrogen-bond acceptors (Lipinski definition) is 4. The maximum absolute atomic E-state index is 10.6. The Balaban J connectivity index is 2.40. The second kappa shape index (κ2) is 3.59. The Hall–Kier alpha value is -1.68. The third-order valence-electron chi connectivity index (χ3n) is 2.12. The molecule has 1 aromatic rings. The van der Waals surface area contributed by atoms with Crippen LogP contribution in [0.3, 0.4) is 0 Å². The Morgan fingerprint density at radius 3 is 3.00 bits per heavy atom. The Morgan fingerprint density at radius 1 is 1.43 bits per heavy atom. The molecule has 72 valence electrons. The Morgan fingerprint density at radius 2 is 2.21 bits per heavy atom. The monoisotopic (exact) mass is 190 g/mol. The fourth-order valence-corrected chi connectivity index (χ4v) is 1.35. The average Bonchev–Trinajstić information content (AvgIpc) is 2.38. The first-order chi connectivity index (χ1) is 6.81. The highest BCUT2D eigenvalue weighted by molar-refractivity contribution is 5.89. The molecule has 0 radical (unpaired) electrons. The van der Waals surface area contributed by atoms with Crippen molar-refractivity contribution in [1.82, 2.24) is 0 Å². The van der Waals surface area contributed by atoms with Gasteiger partial charge in [0.05, 0.1) is 0 Å². The molecule has 0 bridgehead atoms. The smallest absolute Gasteiger partial charge is 0.172 e. The van der Waals surface area contributed by atoms with E-state index in [1.807, 2.05) is 24.3 Å². The molecular weight excluding hydrogens is 180 g/mol. The van der Waals surface area contributed by atoms with Gasteiger partial charge in [0.1, 0.15) is 12.3 Å². The fraction of sp³-hybridized carbons (Fsp3) is 0.200. The summed E-state index contributed by atoms with van der Waals surface area (Å²) in [4.78, 5) is 14.5. The number of aliphatic imine (C=N–C) groups is 1. The second-order valence-electron chi connectivity index (χ2n) is 3.09. The van der Waals surface area contributed by atoms with Crippen molar-refractivity contribution in [3.8, 4) is 0 Å². The Kier molecular flexibility index (Phi) is 2.28. The first kappa shape index (κ1) is 8.90. The van der Waals surface area contributed by atoms with Gasteiger partial charge < -0.3 is 15.2 Å². The quantitative estimate of drug-likeness (QED) is 0.631. The van der Waals surface area contributed by atoms with E-state index < -0.39 is 12.3 Å². The third-order valence-corrected chi connectivity index (χ3v) is 2.12. The summed E-state index contributed by atoms with van der Waals surface area (Å²) in [6.07, 6.45) is 1.21. The number of aldehydes is 1. The van der Waals surface area contributed by atoms with Crippen molar-refractivity contribution in [3.05, 3.63) is 29.8 Å². The lowest BCUT2D eigenvalue weighted by Gasteiger charge is -2.14. The summed E-state index contributed by atoms with van der Waals surface area (Å²) in [6.45, 7) is 0. The van der Waals surface area contributed by atoms with E-state index >= 15 is 0 Å². The van der Waals surface area contributed by atoms with Crippen LogP contribution in [-0.2, 0) is 4.79 Å². The summed E-state index contributed by atoms with van der Waals surface area (Å²) in [5, 5.41) is 12.3. The van der Waals surface area contributed by atoms with E-state index in [2.05, 4.69) is 10.3 Å². The molecule has 0 amide bonds. The number of aliphatic hydroxyl groups excluding tert-OH is 1. The molecule has 1 heterocycles. The van der Waals surface area contributed by atoms with Gasteiger partial charge in [0.2, 0.25) is 0 Å². The van der Waals surface area contributed by atoms with Crippen molar-refractivity contribution in [1.29, 1.82) is 0 Å². The lowest BCUT2D eigenvalue weighted by molar-refractivity contribution is -0.110. The van der Waals surface area contributed by atoms with E-state index in [1.54, 1.807) is 6.21 Å². The maximum Gasteiger partial charge on any atom is 0.172 e. The first-order valence-electron chi connectivity index (χ1n) is 4.33. The van der Waals surface area contributed by atoms with Gasteiger partial charge >= 0.3 is 0 Å². The Labute approximate surface area is 81.3 Å². The van der Waals surface area contributed by atoms with Crippen LogP contribution < -0.4 is 5.32 Å². The number of rotatable bonds is 1. The van der Waals surface area contributed by atoms with E-state index in [0.29, 0.717) is 6.29 Å². The molecule has 4 nitrogen and oxygen atoms in total. The predicted octanol–water partition coefficient (Wildman–Crippen LogP) is 0.417. The number of nitrogens with zero attached hydrogens (tertiary/aromatic N) is 1. The van der Waals surface area contributed by atoms with Crippen LogP contribution >= 0.6 is 0 Å². The van der Waals surface area contributed by atoms with Crippen molar-refractivity contribution < 1.29 is 9.90 Å². The van der Waals surface area contributed by atoms with E-state index in [-0.39, 0.29) is 0 Å². The number of benzodiazepines with no additional fused rings is 1. The van der Waals surface area contributed by atoms with Crippen LogP contribution in [0.4, 0.5) is 5.69 Å². The van der Waals surface area contributed by atoms with Crippen LogP contribution in [0.5, 0.6) is 0 Å². The van der Waals surface area contributed by atoms with Crippen LogP contribution in [-0.4, -0.2) is 29.9 Å². The van der Waals surface area contributed by atoms with E-state index in [9.17, 15) is 9.90 Å². The highest BCUT2D eigenvalue weighted by Crippen LogP contribution is 2.17. The van der Waals surface area contributed by atoms with Gasteiger partial charge in [0.15, 0.2) is 6.23 Å². The van der Waals surface area contributed by atoms with Gasteiger partial charge in [-0.1, -0.05) is 18.2 Å². The van der Waals surface area contributed by atoms with E-state index in [1.165, 1.54) is 0 Å². The van der Waals surface area contributed by atoms with Crippen LogP contribution in [0.15, 0.2) is 29.3 Å². The van der Waals surface area contributed by atoms with Gasteiger partial charge in [-0.2, -0.15) is 0 Å². The standard InChI is InChI=1S/C10H10N2O2/c13-6-9-10(14)11-5-7-3-1-2-4-8(7)12-9/h1-6,9-10,12,14H. The molecule has 0 aromatic heterocycles. The van der Waals surface area contributed by atoms with Crippen molar-refractivity contribution >= 4 is 18.2 Å². The molecule has 1 aromatic carbocycles. The lowest BCUT2D eigenvalue weighted by atomic mass is 10.2. The minimum Gasteiger partial charge on any atom is -0.371 e. The molecular formula is C10H10N2O2. The summed E-state index contributed by atoms with van der Waals surface area (Å²) < 4.78 is 0. The number of aliphatic hydroxyl groups is 1. The van der Waals surface area contributed by atoms with Crippen molar-refractivity contribution in [2.75, 3.05) is 5.32 Å². The molecule has 2 rings (SSSR count). The van der Waals surface area contributed by atoms with Gasteiger partial charge in [-0.05, 0) is 6.07 Å². The normalized spacial score (nSPS) is 24.6. The number of carbonyl (C=O) groups is 1. The van der Waals surface area contributed by atoms with Crippen molar-refractivity contribution in [2.24, 2.45) is 4.99 Å². The van der Waals surface area contributed by atoms with Crippen LogP contribution in [0, 0.1) is 0 Å². The minimum atomic E-state index is -1.01. The summed E-state index contributed by atoms with van der Waals surface area (Å²) >= 11 is 0. The van der Waals surface area contributed by atoms with Crippen LogP contribution in [0.1, 0.15) is 5.56 Å². The molecule has 0 aliphatic carbocycles. The van der Waals surface area contributed by atoms with Gasteiger partial charge in [-0.25, -0.2) is 0 Å². The highest BCUT2D eigenvalue weighted by atomic mass is 16.3. The zero-order valence-corrected chi connectivity index (χ0v) is 7.42. The molecule has 2 N–H and O–H groups in total. The molecule has 1 aliphatic rings. The van der Waals surface area contributed by atoms with Gasteiger partial charge in [-0.3, -0.25) is 4.99 Å². The first-order valence-corrected chi connectivity index (χ1v) is 4.33. The van der Waals surface area contributed by atoms with Gasteiger partial charge in [-0.15, -0.1) is 0 Å². The van der Waals surface area contributed by atoms with Gasteiger partial charge in [0, 0.05) is 17.5 Å².